The van der Waals surface area contributed by atoms with Crippen LogP contribution in [0.4, 0.5) is 14.7 Å². The van der Waals surface area contributed by atoms with Crippen LogP contribution in [0.2, 0.25) is 0 Å². The summed E-state index contributed by atoms with van der Waals surface area (Å²) in [5.41, 5.74) is -0.220. The number of benzene rings is 1. The lowest BCUT2D eigenvalue weighted by Gasteiger charge is -2.32. The number of hydrogen-bond donors (Lipinski definition) is 1. The molecule has 0 aliphatic carbocycles. The number of nitrogens with zero attached hydrogens (tertiary/aromatic N) is 5. The predicted octanol–water partition coefficient (Wildman–Crippen LogP) is 1.29. The first kappa shape index (κ1) is 17.0. The molecule has 0 unspecified atom stereocenters. The Morgan fingerprint density at radius 3 is 2.56 bits per heavy atom. The summed E-state index contributed by atoms with van der Waals surface area (Å²) in [7, 11) is 1.77. The molecule has 1 aliphatic rings. The van der Waals surface area contributed by atoms with Crippen LogP contribution in [0.5, 0.6) is 0 Å². The average molecular weight is 348 g/mol. The zero-order valence-electron chi connectivity index (χ0n) is 13.7. The quantitative estimate of drug-likeness (QED) is 0.843. The maximum atomic E-state index is 13.5. The molecule has 7 nitrogen and oxygen atoms in total. The molecule has 0 spiro atoms. The van der Waals surface area contributed by atoms with Gasteiger partial charge in [-0.05, 0) is 41.5 Å². The number of hydrogen-bond acceptors (Lipinski definition) is 5. The van der Waals surface area contributed by atoms with Gasteiger partial charge in [-0.2, -0.15) is 0 Å². The van der Waals surface area contributed by atoms with Crippen LogP contribution in [0, 0.1) is 11.6 Å². The third kappa shape index (κ3) is 3.98. The lowest BCUT2D eigenvalue weighted by atomic mass is 10.1. The number of rotatable bonds is 4. The smallest absolute Gasteiger partial charge is 0.245 e. The minimum absolute atomic E-state index is 0.0000500. The highest BCUT2D eigenvalue weighted by molar-refractivity contribution is 5.92. The van der Waals surface area contributed by atoms with Gasteiger partial charge in [-0.3, -0.25) is 4.79 Å². The van der Waals surface area contributed by atoms with Gasteiger partial charge in [-0.15, -0.1) is 0 Å². The van der Waals surface area contributed by atoms with Crippen molar-refractivity contribution in [2.24, 2.45) is 7.05 Å². The molecule has 3 rings (SSSR count). The van der Waals surface area contributed by atoms with E-state index in [0.29, 0.717) is 19.0 Å². The lowest BCUT2D eigenvalue weighted by molar-refractivity contribution is -0.117. The Hall–Kier alpha value is -2.84. The first-order valence-electron chi connectivity index (χ1n) is 7.94. The van der Waals surface area contributed by atoms with Crippen molar-refractivity contribution in [2.45, 2.75) is 18.9 Å². The van der Waals surface area contributed by atoms with E-state index in [9.17, 15) is 13.6 Å². The highest BCUT2D eigenvalue weighted by Crippen LogP contribution is 2.17. The number of carbonyl (C=O) groups excluding carboxylic acids is 1. The van der Waals surface area contributed by atoms with Crippen LogP contribution < -0.4 is 10.2 Å². The summed E-state index contributed by atoms with van der Waals surface area (Å²) in [6.07, 6.45) is 3.78. The van der Waals surface area contributed by atoms with Gasteiger partial charge in [0.1, 0.15) is 11.6 Å². The minimum atomic E-state index is -0.699. The monoisotopic (exact) mass is 348 g/mol. The highest BCUT2D eigenvalue weighted by atomic mass is 19.1. The molecule has 2 aromatic rings. The summed E-state index contributed by atoms with van der Waals surface area (Å²) in [5, 5.41) is 14.2. The molecule has 9 heteroatoms. The number of aryl methyl sites for hydroxylation is 1. The van der Waals surface area contributed by atoms with E-state index in [2.05, 4.69) is 20.8 Å². The largest absolute Gasteiger partial charge is 0.350 e. The molecule has 132 valence electrons. The van der Waals surface area contributed by atoms with Gasteiger partial charge < -0.3 is 10.2 Å². The Kier molecular flexibility index (Phi) is 5.01. The fraction of sp³-hybridized carbons (Fsp3) is 0.375. The van der Waals surface area contributed by atoms with Crippen molar-refractivity contribution in [1.82, 2.24) is 25.5 Å². The van der Waals surface area contributed by atoms with Gasteiger partial charge >= 0.3 is 0 Å². The van der Waals surface area contributed by atoms with Crippen LogP contribution in [0.25, 0.3) is 6.08 Å². The number of anilines is 1. The second-order valence-electron chi connectivity index (χ2n) is 5.84. The van der Waals surface area contributed by atoms with E-state index in [0.717, 1.165) is 37.1 Å². The van der Waals surface area contributed by atoms with E-state index in [-0.39, 0.29) is 17.5 Å². The molecule has 1 fully saturated rings. The van der Waals surface area contributed by atoms with E-state index in [1.54, 1.807) is 11.7 Å². The van der Waals surface area contributed by atoms with Crippen molar-refractivity contribution in [3.63, 3.8) is 0 Å². The van der Waals surface area contributed by atoms with Crippen LogP contribution in [-0.2, 0) is 11.8 Å². The SMILES string of the molecule is Cn1nnnc1N1CCC(NC(=O)/C=C\c2c(F)cccc2F)CC1. The molecule has 0 saturated carbocycles. The molecular weight excluding hydrogens is 330 g/mol. The fourth-order valence-corrected chi connectivity index (χ4v) is 2.79. The van der Waals surface area contributed by atoms with Crippen LogP contribution in [-0.4, -0.2) is 45.2 Å². The third-order valence-electron chi connectivity index (χ3n) is 4.12. The zero-order valence-corrected chi connectivity index (χ0v) is 13.7. The van der Waals surface area contributed by atoms with Gasteiger partial charge in [0.15, 0.2) is 0 Å². The van der Waals surface area contributed by atoms with Crippen LogP contribution >= 0.6 is 0 Å². The zero-order chi connectivity index (χ0) is 17.8. The number of nitrogens with one attached hydrogen (secondary N) is 1. The predicted molar refractivity (Wildman–Crippen MR) is 87.6 cm³/mol. The number of piperidine rings is 1. The summed E-state index contributed by atoms with van der Waals surface area (Å²) in [6.45, 7) is 1.43. The molecule has 25 heavy (non-hydrogen) atoms. The Morgan fingerprint density at radius 1 is 1.28 bits per heavy atom. The number of aromatic nitrogens is 4. The molecule has 1 aromatic heterocycles. The maximum Gasteiger partial charge on any atom is 0.245 e. The summed E-state index contributed by atoms with van der Waals surface area (Å²) in [5.74, 6) is -1.08. The van der Waals surface area contributed by atoms with E-state index < -0.39 is 11.6 Å². The first-order chi connectivity index (χ1) is 12.0. The second-order valence-corrected chi connectivity index (χ2v) is 5.84. The summed E-state index contributed by atoms with van der Waals surface area (Å²) < 4.78 is 28.6. The van der Waals surface area contributed by atoms with Crippen molar-refractivity contribution in [1.29, 1.82) is 0 Å². The summed E-state index contributed by atoms with van der Waals surface area (Å²) in [6, 6.07) is 3.58. The molecule has 1 amide bonds. The first-order valence-corrected chi connectivity index (χ1v) is 7.94. The number of carbonyl (C=O) groups is 1. The highest BCUT2D eigenvalue weighted by Gasteiger charge is 2.23. The van der Waals surface area contributed by atoms with Gasteiger partial charge in [-0.25, -0.2) is 13.5 Å². The van der Waals surface area contributed by atoms with E-state index in [4.69, 9.17) is 0 Å². The standard InChI is InChI=1S/C16H18F2N6O/c1-23-16(20-21-22-23)24-9-7-11(8-10-24)19-15(25)6-5-12-13(17)3-2-4-14(12)18/h2-6,11H,7-10H2,1H3,(H,19,25)/b6-5-. The van der Waals surface area contributed by atoms with Crippen LogP contribution in [0.15, 0.2) is 24.3 Å². The fourth-order valence-electron chi connectivity index (χ4n) is 2.79. The third-order valence-corrected chi connectivity index (χ3v) is 4.12. The van der Waals surface area contributed by atoms with E-state index >= 15 is 0 Å². The molecule has 1 saturated heterocycles. The summed E-state index contributed by atoms with van der Waals surface area (Å²) in [4.78, 5) is 14.0. The van der Waals surface area contributed by atoms with Gasteiger partial charge in [-0.1, -0.05) is 11.2 Å². The second kappa shape index (κ2) is 7.37. The van der Waals surface area contributed by atoms with Gasteiger partial charge in [0.25, 0.3) is 0 Å². The maximum absolute atomic E-state index is 13.5. The van der Waals surface area contributed by atoms with E-state index in [1.807, 2.05) is 4.90 Å². The Morgan fingerprint density at radius 2 is 1.96 bits per heavy atom. The van der Waals surface area contributed by atoms with Crippen molar-refractivity contribution >= 4 is 17.9 Å². The Bertz CT molecular complexity index is 762. The average Bonchev–Trinajstić information content (AvgIpc) is 3.01. The van der Waals surface area contributed by atoms with Crippen molar-refractivity contribution in [2.75, 3.05) is 18.0 Å². The molecule has 1 N–H and O–H groups in total. The van der Waals surface area contributed by atoms with Gasteiger partial charge in [0.05, 0.1) is 0 Å². The van der Waals surface area contributed by atoms with Crippen molar-refractivity contribution in [3.05, 3.63) is 41.5 Å². The molecule has 1 aromatic carbocycles. The molecule has 0 bridgehead atoms. The Balaban J connectivity index is 1.53. The Labute approximate surface area is 143 Å². The summed E-state index contributed by atoms with van der Waals surface area (Å²) >= 11 is 0. The minimum Gasteiger partial charge on any atom is -0.350 e. The molecule has 0 radical (unpaired) electrons. The van der Waals surface area contributed by atoms with Crippen LogP contribution in [0.1, 0.15) is 18.4 Å². The topological polar surface area (TPSA) is 75.9 Å². The molecular formula is C16H18F2N6O. The van der Waals surface area contributed by atoms with Crippen LogP contribution in [0.3, 0.4) is 0 Å². The molecule has 2 heterocycles. The van der Waals surface area contributed by atoms with Crippen molar-refractivity contribution < 1.29 is 13.6 Å². The van der Waals surface area contributed by atoms with E-state index in [1.165, 1.54) is 6.07 Å². The van der Waals surface area contributed by atoms with Gasteiger partial charge in [0.2, 0.25) is 11.9 Å². The van der Waals surface area contributed by atoms with Crippen molar-refractivity contribution in [3.8, 4) is 0 Å². The lowest BCUT2D eigenvalue weighted by Crippen LogP contribution is -2.45. The number of tetrazole rings is 1. The number of amides is 1. The molecule has 1 aliphatic heterocycles. The van der Waals surface area contributed by atoms with Gasteiger partial charge in [0, 0.05) is 37.8 Å². The number of halogens is 2. The normalized spacial score (nSPS) is 15.7. The molecule has 0 atom stereocenters.